The van der Waals surface area contributed by atoms with E-state index in [-0.39, 0.29) is 43.8 Å². The van der Waals surface area contributed by atoms with Gasteiger partial charge >= 0.3 is 0 Å². The van der Waals surface area contributed by atoms with Crippen LogP contribution >= 0.6 is 37.2 Å². The molecule has 1 fully saturated rings. The quantitative estimate of drug-likeness (QED) is 0.844. The number of piperazine rings is 1. The van der Waals surface area contributed by atoms with Crippen LogP contribution in [0.25, 0.3) is 0 Å². The second-order valence-electron chi connectivity index (χ2n) is 3.32. The highest BCUT2D eigenvalue weighted by Gasteiger charge is 2.18. The lowest BCUT2D eigenvalue weighted by Gasteiger charge is -2.34. The SMILES string of the molecule is Cl.Cl.Cl.NCCN1CCN(CC(F)F)CC1. The summed E-state index contributed by atoms with van der Waals surface area (Å²) in [4.78, 5) is 4.01. The maximum atomic E-state index is 12.0. The third kappa shape index (κ3) is 8.73. The fourth-order valence-electron chi connectivity index (χ4n) is 1.57. The lowest BCUT2D eigenvalue weighted by atomic mass is 10.3. The Morgan fingerprint density at radius 1 is 0.938 bits per heavy atom. The Balaban J connectivity index is -0.000000563. The van der Waals surface area contributed by atoms with Crippen molar-refractivity contribution in [2.24, 2.45) is 5.73 Å². The van der Waals surface area contributed by atoms with Crippen LogP contribution in [0, 0.1) is 0 Å². The maximum absolute atomic E-state index is 12.0. The lowest BCUT2D eigenvalue weighted by molar-refractivity contribution is 0.0571. The topological polar surface area (TPSA) is 32.5 Å². The molecule has 8 heteroatoms. The molecule has 102 valence electrons. The van der Waals surface area contributed by atoms with Crippen LogP contribution in [0.2, 0.25) is 0 Å². The molecule has 0 radical (unpaired) electrons. The summed E-state index contributed by atoms with van der Waals surface area (Å²) in [6.45, 7) is 4.65. The zero-order valence-electron chi connectivity index (χ0n) is 8.98. The number of halogens is 5. The van der Waals surface area contributed by atoms with Gasteiger partial charge in [0.25, 0.3) is 6.43 Å². The van der Waals surface area contributed by atoms with Gasteiger partial charge in [-0.2, -0.15) is 0 Å². The van der Waals surface area contributed by atoms with Crippen molar-refractivity contribution in [2.45, 2.75) is 6.43 Å². The Morgan fingerprint density at radius 2 is 1.38 bits per heavy atom. The van der Waals surface area contributed by atoms with Crippen molar-refractivity contribution in [3.8, 4) is 0 Å². The number of nitrogens with zero attached hydrogens (tertiary/aromatic N) is 2. The van der Waals surface area contributed by atoms with Crippen LogP contribution in [0.3, 0.4) is 0 Å². The smallest absolute Gasteiger partial charge is 0.251 e. The highest BCUT2D eigenvalue weighted by atomic mass is 35.5. The van der Waals surface area contributed by atoms with Gasteiger partial charge in [0.05, 0.1) is 6.54 Å². The van der Waals surface area contributed by atoms with E-state index in [9.17, 15) is 8.78 Å². The number of hydrogen-bond donors (Lipinski definition) is 1. The molecule has 16 heavy (non-hydrogen) atoms. The van der Waals surface area contributed by atoms with Crippen LogP contribution in [0.5, 0.6) is 0 Å². The summed E-state index contributed by atoms with van der Waals surface area (Å²) in [5, 5.41) is 0. The van der Waals surface area contributed by atoms with Crippen LogP contribution in [-0.2, 0) is 0 Å². The molecule has 1 rings (SSSR count). The van der Waals surface area contributed by atoms with Crippen molar-refractivity contribution in [1.82, 2.24) is 9.80 Å². The largest absolute Gasteiger partial charge is 0.329 e. The second-order valence-corrected chi connectivity index (χ2v) is 3.32. The first-order valence-corrected chi connectivity index (χ1v) is 4.65. The maximum Gasteiger partial charge on any atom is 0.251 e. The molecule has 1 heterocycles. The summed E-state index contributed by atoms with van der Waals surface area (Å²) in [5.41, 5.74) is 5.40. The second kappa shape index (κ2) is 12.1. The molecule has 0 unspecified atom stereocenters. The summed E-state index contributed by atoms with van der Waals surface area (Å²) in [6, 6.07) is 0. The van der Waals surface area contributed by atoms with Crippen molar-refractivity contribution in [1.29, 1.82) is 0 Å². The van der Waals surface area contributed by atoms with Gasteiger partial charge in [0.15, 0.2) is 0 Å². The van der Waals surface area contributed by atoms with E-state index in [4.69, 9.17) is 5.73 Å². The summed E-state index contributed by atoms with van der Waals surface area (Å²) in [7, 11) is 0. The van der Waals surface area contributed by atoms with Gasteiger partial charge < -0.3 is 5.73 Å². The Labute approximate surface area is 114 Å². The van der Waals surface area contributed by atoms with E-state index >= 15 is 0 Å². The van der Waals surface area contributed by atoms with E-state index in [2.05, 4.69) is 4.90 Å². The third-order valence-corrected chi connectivity index (χ3v) is 2.31. The zero-order valence-corrected chi connectivity index (χ0v) is 11.4. The molecule has 0 atom stereocenters. The predicted molar refractivity (Wildman–Crippen MR) is 69.7 cm³/mol. The van der Waals surface area contributed by atoms with Crippen LogP contribution < -0.4 is 5.73 Å². The fourth-order valence-corrected chi connectivity index (χ4v) is 1.57. The van der Waals surface area contributed by atoms with Crippen molar-refractivity contribution >= 4 is 37.2 Å². The monoisotopic (exact) mass is 301 g/mol. The fraction of sp³-hybridized carbons (Fsp3) is 1.00. The number of nitrogens with two attached hydrogens (primary N) is 1. The molecular formula is C8H20Cl3F2N3. The van der Waals surface area contributed by atoms with Gasteiger partial charge in [-0.1, -0.05) is 0 Å². The summed E-state index contributed by atoms with van der Waals surface area (Å²) in [6.07, 6.45) is -2.21. The molecule has 1 aliphatic rings. The molecule has 0 bridgehead atoms. The van der Waals surface area contributed by atoms with Gasteiger partial charge in [-0.15, -0.1) is 37.2 Å². The van der Waals surface area contributed by atoms with Crippen molar-refractivity contribution in [3.05, 3.63) is 0 Å². The van der Waals surface area contributed by atoms with Crippen LogP contribution in [0.4, 0.5) is 8.78 Å². The number of alkyl halides is 2. The minimum absolute atomic E-state index is 0. The number of rotatable bonds is 4. The molecule has 0 aromatic rings. The lowest BCUT2D eigenvalue weighted by Crippen LogP contribution is -2.48. The highest BCUT2D eigenvalue weighted by molar-refractivity contribution is 5.86. The van der Waals surface area contributed by atoms with Gasteiger partial charge in [-0.05, 0) is 0 Å². The first-order valence-electron chi connectivity index (χ1n) is 4.65. The van der Waals surface area contributed by atoms with Crippen LogP contribution in [0.15, 0.2) is 0 Å². The normalized spacial score (nSPS) is 17.2. The molecular weight excluding hydrogens is 282 g/mol. The average Bonchev–Trinajstić information content (AvgIpc) is 2.08. The molecule has 0 amide bonds. The average molecular weight is 303 g/mol. The molecule has 0 aromatic carbocycles. The summed E-state index contributed by atoms with van der Waals surface area (Å²) in [5.74, 6) is 0. The predicted octanol–water partition coefficient (Wildman–Crippen LogP) is 1.09. The van der Waals surface area contributed by atoms with E-state index in [0.717, 1.165) is 32.7 Å². The van der Waals surface area contributed by atoms with Gasteiger partial charge in [0.1, 0.15) is 0 Å². The van der Waals surface area contributed by atoms with Crippen molar-refractivity contribution in [3.63, 3.8) is 0 Å². The molecule has 3 nitrogen and oxygen atoms in total. The zero-order chi connectivity index (χ0) is 9.68. The number of hydrogen-bond acceptors (Lipinski definition) is 3. The molecule has 0 aliphatic carbocycles. The van der Waals surface area contributed by atoms with Crippen LogP contribution in [0.1, 0.15) is 0 Å². The summed E-state index contributed by atoms with van der Waals surface area (Å²) >= 11 is 0. The molecule has 1 saturated heterocycles. The van der Waals surface area contributed by atoms with Gasteiger partial charge in [-0.25, -0.2) is 8.78 Å². The van der Waals surface area contributed by atoms with E-state index in [1.165, 1.54) is 0 Å². The standard InChI is InChI=1S/C8H17F2N3.3ClH/c9-8(10)7-13-5-3-12(2-1-11)4-6-13;;;/h8H,1-7,11H2;3*1H. The van der Waals surface area contributed by atoms with Gasteiger partial charge in [-0.3, -0.25) is 9.80 Å². The Bertz CT molecular complexity index is 146. The first-order chi connectivity index (χ1) is 6.22. The van der Waals surface area contributed by atoms with E-state index in [0.29, 0.717) is 6.54 Å². The van der Waals surface area contributed by atoms with Crippen molar-refractivity contribution < 1.29 is 8.78 Å². The van der Waals surface area contributed by atoms with Gasteiger partial charge in [0.2, 0.25) is 0 Å². The van der Waals surface area contributed by atoms with Crippen LogP contribution in [-0.4, -0.2) is 62.0 Å². The highest BCUT2D eigenvalue weighted by Crippen LogP contribution is 2.03. The van der Waals surface area contributed by atoms with Crippen molar-refractivity contribution in [2.75, 3.05) is 45.8 Å². The minimum Gasteiger partial charge on any atom is -0.329 e. The molecule has 2 N–H and O–H groups in total. The van der Waals surface area contributed by atoms with E-state index < -0.39 is 6.43 Å². The Hall–Kier alpha value is 0.610. The molecule has 0 saturated carbocycles. The van der Waals surface area contributed by atoms with E-state index in [1.54, 1.807) is 4.90 Å². The van der Waals surface area contributed by atoms with Gasteiger partial charge in [0, 0.05) is 39.3 Å². The Kier molecular flexibility index (Phi) is 16.5. The first kappa shape index (κ1) is 21.9. The third-order valence-electron chi connectivity index (χ3n) is 2.31. The minimum atomic E-state index is -2.21. The molecule has 1 aliphatic heterocycles. The molecule has 0 aromatic heterocycles. The summed E-state index contributed by atoms with van der Waals surface area (Å²) < 4.78 is 24.0. The Morgan fingerprint density at radius 3 is 1.75 bits per heavy atom. The van der Waals surface area contributed by atoms with E-state index in [1.807, 2.05) is 0 Å². The molecule has 0 spiro atoms.